The number of ether oxygens (including phenoxy) is 1. The van der Waals surface area contributed by atoms with Crippen LogP contribution in [0, 0.1) is 11.6 Å². The second-order valence-electron chi connectivity index (χ2n) is 5.45. The van der Waals surface area contributed by atoms with Gasteiger partial charge in [0.15, 0.2) is 4.80 Å². The first-order valence-electron chi connectivity index (χ1n) is 8.02. The van der Waals surface area contributed by atoms with Crippen molar-refractivity contribution in [1.82, 2.24) is 4.57 Å². The van der Waals surface area contributed by atoms with Crippen molar-refractivity contribution in [2.45, 2.75) is 13.5 Å². The highest BCUT2D eigenvalue weighted by atomic mass is 35.5. The van der Waals surface area contributed by atoms with Gasteiger partial charge in [0.05, 0.1) is 26.9 Å². The summed E-state index contributed by atoms with van der Waals surface area (Å²) in [4.78, 5) is 16.6. The Morgan fingerprint density at radius 2 is 1.93 bits per heavy atom. The van der Waals surface area contributed by atoms with E-state index in [4.69, 9.17) is 27.9 Å². The van der Waals surface area contributed by atoms with Crippen LogP contribution >= 0.6 is 34.5 Å². The Balaban J connectivity index is 2.18. The van der Waals surface area contributed by atoms with Gasteiger partial charge in [0.25, 0.3) is 5.91 Å². The maximum absolute atomic E-state index is 13.9. The maximum Gasteiger partial charge on any atom is 0.285 e. The van der Waals surface area contributed by atoms with Crippen molar-refractivity contribution in [1.29, 1.82) is 0 Å². The van der Waals surface area contributed by atoms with Gasteiger partial charge in [-0.15, -0.1) is 0 Å². The smallest absolute Gasteiger partial charge is 0.285 e. The summed E-state index contributed by atoms with van der Waals surface area (Å²) >= 11 is 13.6. The Labute approximate surface area is 167 Å². The molecule has 0 fully saturated rings. The van der Waals surface area contributed by atoms with E-state index in [0.717, 1.165) is 16.8 Å². The number of nitrogens with zero attached hydrogens (tertiary/aromatic N) is 2. The average molecular weight is 431 g/mol. The molecule has 0 unspecified atom stereocenters. The summed E-state index contributed by atoms with van der Waals surface area (Å²) in [7, 11) is 0. The summed E-state index contributed by atoms with van der Waals surface area (Å²) in [6, 6.07) is 6.59. The van der Waals surface area contributed by atoms with Crippen LogP contribution in [0.15, 0.2) is 35.3 Å². The van der Waals surface area contributed by atoms with Crippen LogP contribution < -0.4 is 4.80 Å². The second-order valence-corrected chi connectivity index (χ2v) is 7.25. The lowest BCUT2D eigenvalue weighted by Crippen LogP contribution is -2.20. The molecule has 0 aliphatic rings. The Hall–Kier alpha value is -1.80. The van der Waals surface area contributed by atoms with Gasteiger partial charge < -0.3 is 9.30 Å². The highest BCUT2D eigenvalue weighted by Gasteiger charge is 2.18. The molecule has 1 aromatic heterocycles. The molecule has 0 N–H and O–H groups in total. The van der Waals surface area contributed by atoms with Gasteiger partial charge >= 0.3 is 0 Å². The summed E-state index contributed by atoms with van der Waals surface area (Å²) in [5.74, 6) is -2.94. The average Bonchev–Trinajstić information content (AvgIpc) is 2.96. The standard InChI is InChI=1S/C18H14Cl2F2N2O2S/c1-2-26-9-8-24-16-13(7-6-10(19)15(16)20)27-18(24)23-17(25)14-11(21)4-3-5-12(14)22/h3-7H,2,8-9H2,1H3. The van der Waals surface area contributed by atoms with E-state index in [1.165, 1.54) is 17.4 Å². The lowest BCUT2D eigenvalue weighted by atomic mass is 10.2. The van der Waals surface area contributed by atoms with Crippen LogP contribution in [-0.4, -0.2) is 23.7 Å². The van der Waals surface area contributed by atoms with E-state index in [1.807, 2.05) is 6.92 Å². The third-order valence-electron chi connectivity index (χ3n) is 3.77. The number of benzene rings is 2. The Kier molecular flexibility index (Phi) is 6.26. The summed E-state index contributed by atoms with van der Waals surface area (Å²) in [6.07, 6.45) is 0. The first kappa shape index (κ1) is 19.9. The lowest BCUT2D eigenvalue weighted by Gasteiger charge is -2.07. The van der Waals surface area contributed by atoms with Crippen LogP contribution in [0.4, 0.5) is 8.78 Å². The van der Waals surface area contributed by atoms with Crippen LogP contribution in [-0.2, 0) is 11.3 Å². The molecular weight excluding hydrogens is 417 g/mol. The fraction of sp³-hybridized carbons (Fsp3) is 0.222. The summed E-state index contributed by atoms with van der Waals surface area (Å²) in [6.45, 7) is 3.07. The predicted molar refractivity (Wildman–Crippen MR) is 103 cm³/mol. The van der Waals surface area contributed by atoms with E-state index in [-0.39, 0.29) is 4.80 Å². The topological polar surface area (TPSA) is 43.6 Å². The highest BCUT2D eigenvalue weighted by molar-refractivity contribution is 7.16. The number of rotatable bonds is 5. The Morgan fingerprint density at radius 3 is 2.59 bits per heavy atom. The summed E-state index contributed by atoms with van der Waals surface area (Å²) < 4.78 is 35.6. The quantitative estimate of drug-likeness (QED) is 0.530. The van der Waals surface area contributed by atoms with Crippen molar-refractivity contribution in [3.05, 3.63) is 62.4 Å². The van der Waals surface area contributed by atoms with Crippen LogP contribution in [0.2, 0.25) is 10.0 Å². The number of halogens is 4. The van der Waals surface area contributed by atoms with Gasteiger partial charge in [-0.05, 0) is 31.2 Å². The molecule has 3 rings (SSSR count). The Bertz CT molecular complexity index is 1060. The number of thiazole rings is 1. The number of amides is 1. The molecule has 0 atom stereocenters. The highest BCUT2D eigenvalue weighted by Crippen LogP contribution is 2.32. The number of fused-ring (bicyclic) bond motifs is 1. The minimum Gasteiger partial charge on any atom is -0.380 e. The van der Waals surface area contributed by atoms with Crippen LogP contribution in [0.25, 0.3) is 10.2 Å². The normalized spacial score (nSPS) is 12.1. The fourth-order valence-corrected chi connectivity index (χ4v) is 4.08. The molecule has 3 aromatic rings. The molecular formula is C18H14Cl2F2N2O2S. The number of hydrogen-bond acceptors (Lipinski definition) is 3. The number of aromatic nitrogens is 1. The van der Waals surface area contributed by atoms with Gasteiger partial charge in [0.1, 0.15) is 17.2 Å². The first-order chi connectivity index (χ1) is 12.9. The second kappa shape index (κ2) is 8.48. The van der Waals surface area contributed by atoms with Crippen molar-refractivity contribution >= 4 is 50.7 Å². The minimum atomic E-state index is -1.01. The molecule has 1 heterocycles. The minimum absolute atomic E-state index is 0.251. The molecule has 27 heavy (non-hydrogen) atoms. The number of hydrogen-bond donors (Lipinski definition) is 0. The predicted octanol–water partition coefficient (Wildman–Crippen LogP) is 5.07. The van der Waals surface area contributed by atoms with Gasteiger partial charge in [-0.2, -0.15) is 4.99 Å². The third kappa shape index (κ3) is 4.06. The number of carbonyl (C=O) groups is 1. The summed E-state index contributed by atoms with van der Waals surface area (Å²) in [5, 5.41) is 0.665. The molecule has 0 saturated carbocycles. The molecule has 142 valence electrons. The molecule has 0 aliphatic carbocycles. The molecule has 0 spiro atoms. The molecule has 9 heteroatoms. The largest absolute Gasteiger partial charge is 0.380 e. The fourth-order valence-electron chi connectivity index (χ4n) is 2.54. The van der Waals surface area contributed by atoms with Crippen LogP contribution in [0.1, 0.15) is 17.3 Å². The van der Waals surface area contributed by atoms with Crippen molar-refractivity contribution in [2.75, 3.05) is 13.2 Å². The molecule has 0 radical (unpaired) electrons. The lowest BCUT2D eigenvalue weighted by molar-refractivity contribution is 0.0988. The van der Waals surface area contributed by atoms with Crippen LogP contribution in [0.3, 0.4) is 0 Å². The maximum atomic E-state index is 13.9. The van der Waals surface area contributed by atoms with E-state index in [0.29, 0.717) is 35.3 Å². The van der Waals surface area contributed by atoms with Gasteiger partial charge in [0.2, 0.25) is 0 Å². The van der Waals surface area contributed by atoms with Gasteiger partial charge in [-0.3, -0.25) is 4.79 Å². The summed E-state index contributed by atoms with van der Waals surface area (Å²) in [5.41, 5.74) is -0.107. The van der Waals surface area contributed by atoms with Gasteiger partial charge in [-0.25, -0.2) is 8.78 Å². The van der Waals surface area contributed by atoms with E-state index in [1.54, 1.807) is 16.7 Å². The zero-order valence-corrected chi connectivity index (χ0v) is 16.5. The Morgan fingerprint density at radius 1 is 1.22 bits per heavy atom. The van der Waals surface area contributed by atoms with Crippen molar-refractivity contribution in [3.8, 4) is 0 Å². The van der Waals surface area contributed by atoms with E-state index < -0.39 is 23.1 Å². The van der Waals surface area contributed by atoms with Crippen molar-refractivity contribution in [2.24, 2.45) is 4.99 Å². The molecule has 2 aromatic carbocycles. The van der Waals surface area contributed by atoms with Crippen molar-refractivity contribution < 1.29 is 18.3 Å². The monoisotopic (exact) mass is 430 g/mol. The third-order valence-corrected chi connectivity index (χ3v) is 5.61. The van der Waals surface area contributed by atoms with Crippen molar-refractivity contribution in [3.63, 3.8) is 0 Å². The SMILES string of the molecule is CCOCCn1c(=NC(=O)c2c(F)cccc2F)sc2ccc(Cl)c(Cl)c21. The number of carbonyl (C=O) groups excluding carboxylic acids is 1. The van der Waals surface area contributed by atoms with Crippen LogP contribution in [0.5, 0.6) is 0 Å². The zero-order chi connectivity index (χ0) is 19.6. The molecule has 0 aliphatic heterocycles. The van der Waals surface area contributed by atoms with E-state index in [9.17, 15) is 13.6 Å². The molecule has 0 bridgehead atoms. The molecule has 1 amide bonds. The van der Waals surface area contributed by atoms with Gasteiger partial charge in [-0.1, -0.05) is 40.6 Å². The first-order valence-corrected chi connectivity index (χ1v) is 9.59. The zero-order valence-electron chi connectivity index (χ0n) is 14.1. The van der Waals surface area contributed by atoms with Gasteiger partial charge in [0, 0.05) is 13.2 Å². The molecule has 0 saturated heterocycles. The van der Waals surface area contributed by atoms with E-state index in [2.05, 4.69) is 4.99 Å². The van der Waals surface area contributed by atoms with E-state index >= 15 is 0 Å². The molecule has 4 nitrogen and oxygen atoms in total.